The van der Waals surface area contributed by atoms with Crippen LogP contribution in [-0.2, 0) is 35.8 Å². The van der Waals surface area contributed by atoms with E-state index in [1.807, 2.05) is 24.3 Å². The molecule has 0 aliphatic carbocycles. The van der Waals surface area contributed by atoms with Crippen molar-refractivity contribution in [3.63, 3.8) is 0 Å². The number of nitrogens with zero attached hydrogens (tertiary/aromatic N) is 5. The zero-order chi connectivity index (χ0) is 41.4. The molecule has 3 aliphatic heterocycles. The number of fused-ring (bicyclic) bond motifs is 2. The number of H-pyrrole nitrogens is 1. The van der Waals surface area contributed by atoms with Crippen LogP contribution in [0.4, 0.5) is 30.7 Å². The maximum absolute atomic E-state index is 15.6. The average Bonchev–Trinajstić information content (AvgIpc) is 3.85. The zero-order valence-corrected chi connectivity index (χ0v) is 32.1. The Morgan fingerprint density at radius 1 is 0.759 bits per heavy atom. The van der Waals surface area contributed by atoms with Crippen LogP contribution in [0, 0.1) is 0 Å². The zero-order valence-electron chi connectivity index (χ0n) is 31.3. The van der Waals surface area contributed by atoms with Crippen molar-refractivity contribution in [3.05, 3.63) is 117 Å². The standard InChI is InChI=1S/C21H22F4N4O2.C20H17F3N2OS/c1-13(30)29-9-6-17-14(12-29)18(27-26-17)19(31)28-10-7-20(22,8-11-28)15-4-2-3-5-16(15)21(23,24)25;21-20(22,23)16-7-3-1-5-14(16)13-9-11-25(12-10-13)19(26)18-15-6-2-4-8-17(15)24-27-18/h2-5H,6-12H2,1H3,(H,26,27);1-8,13H,9-12H2. The fourth-order valence-corrected chi connectivity index (χ4v) is 8.86. The first-order valence-corrected chi connectivity index (χ1v) is 19.6. The van der Waals surface area contributed by atoms with Gasteiger partial charge in [0, 0.05) is 87.7 Å². The van der Waals surface area contributed by atoms with Crippen molar-refractivity contribution < 1.29 is 45.1 Å². The summed E-state index contributed by atoms with van der Waals surface area (Å²) in [6.07, 6.45) is -7.89. The van der Waals surface area contributed by atoms with E-state index < -0.39 is 35.1 Å². The first-order valence-electron chi connectivity index (χ1n) is 18.8. The SMILES string of the molecule is CC(=O)N1CCc2[nH]nc(C(=O)N3CCC(F)(c4ccccc4C(F)(F)F)CC3)c2C1.O=C(c1snc2ccccc12)N1CCC(c2ccccc2C(F)(F)F)CC1. The number of carbonyl (C=O) groups excluding carboxylic acids is 3. The van der Waals surface area contributed by atoms with Gasteiger partial charge in [0.15, 0.2) is 5.69 Å². The van der Waals surface area contributed by atoms with Gasteiger partial charge in [-0.3, -0.25) is 19.5 Å². The molecule has 5 aromatic rings. The summed E-state index contributed by atoms with van der Waals surface area (Å²) in [6.45, 7) is 3.09. The highest BCUT2D eigenvalue weighted by molar-refractivity contribution is 7.09. The number of carbonyl (C=O) groups is 3. The lowest BCUT2D eigenvalue weighted by Crippen LogP contribution is -2.44. The maximum Gasteiger partial charge on any atom is 0.416 e. The van der Waals surface area contributed by atoms with Gasteiger partial charge in [0.05, 0.1) is 16.6 Å². The van der Waals surface area contributed by atoms with Gasteiger partial charge in [-0.25, -0.2) is 4.39 Å². The summed E-state index contributed by atoms with van der Waals surface area (Å²) in [6, 6.07) is 17.9. The lowest BCUT2D eigenvalue weighted by atomic mass is 9.83. The van der Waals surface area contributed by atoms with E-state index in [2.05, 4.69) is 14.6 Å². The molecule has 3 aliphatic rings. The summed E-state index contributed by atoms with van der Waals surface area (Å²) in [7, 11) is 0. The molecular formula is C41H39F7N6O3S. The molecule has 0 atom stereocenters. The third-order valence-corrected chi connectivity index (χ3v) is 12.1. The molecule has 3 aromatic carbocycles. The van der Waals surface area contributed by atoms with Crippen molar-refractivity contribution in [2.24, 2.45) is 0 Å². The first kappa shape index (κ1) is 40.9. The summed E-state index contributed by atoms with van der Waals surface area (Å²) < 4.78 is 99.7. The van der Waals surface area contributed by atoms with Gasteiger partial charge in [-0.1, -0.05) is 54.6 Å². The highest BCUT2D eigenvalue weighted by Crippen LogP contribution is 2.44. The Balaban J connectivity index is 0.000000178. The molecule has 1 N–H and O–H groups in total. The fourth-order valence-electron chi connectivity index (χ4n) is 8.04. The summed E-state index contributed by atoms with van der Waals surface area (Å²) >= 11 is 1.18. The average molecular weight is 829 g/mol. The van der Waals surface area contributed by atoms with Crippen LogP contribution in [0.25, 0.3) is 10.9 Å². The predicted octanol–water partition coefficient (Wildman–Crippen LogP) is 8.77. The summed E-state index contributed by atoms with van der Waals surface area (Å²) in [4.78, 5) is 42.9. The van der Waals surface area contributed by atoms with Crippen molar-refractivity contribution >= 4 is 40.2 Å². The molecule has 306 valence electrons. The van der Waals surface area contributed by atoms with Crippen LogP contribution in [0.1, 0.15) is 92.2 Å². The Morgan fingerprint density at radius 3 is 2.03 bits per heavy atom. The van der Waals surface area contributed by atoms with E-state index in [0.29, 0.717) is 54.9 Å². The molecule has 9 nitrogen and oxygen atoms in total. The van der Waals surface area contributed by atoms with Crippen molar-refractivity contribution in [2.45, 2.75) is 69.5 Å². The fraction of sp³-hybridized carbons (Fsp3) is 0.390. The summed E-state index contributed by atoms with van der Waals surface area (Å²) in [5.74, 6) is -0.788. The number of likely N-dealkylation sites (tertiary alicyclic amines) is 2. The second-order valence-electron chi connectivity index (χ2n) is 14.7. The van der Waals surface area contributed by atoms with Crippen LogP contribution in [0.15, 0.2) is 72.8 Å². The van der Waals surface area contributed by atoms with E-state index in [1.54, 1.807) is 21.9 Å². The lowest BCUT2D eigenvalue weighted by Gasteiger charge is -2.37. The van der Waals surface area contributed by atoms with Crippen molar-refractivity contribution in [2.75, 3.05) is 32.7 Å². The highest BCUT2D eigenvalue weighted by Gasteiger charge is 2.45. The molecule has 58 heavy (non-hydrogen) atoms. The van der Waals surface area contributed by atoms with E-state index in [-0.39, 0.29) is 61.5 Å². The molecule has 3 amide bonds. The van der Waals surface area contributed by atoms with E-state index in [1.165, 1.54) is 47.6 Å². The number of amides is 3. The quantitative estimate of drug-likeness (QED) is 0.183. The van der Waals surface area contributed by atoms with E-state index in [0.717, 1.165) is 28.7 Å². The van der Waals surface area contributed by atoms with Crippen molar-refractivity contribution in [1.29, 1.82) is 0 Å². The minimum absolute atomic E-state index is 0.0282. The van der Waals surface area contributed by atoms with E-state index >= 15 is 4.39 Å². The number of rotatable bonds is 4. The molecule has 0 saturated carbocycles. The molecule has 17 heteroatoms. The number of aromatic nitrogens is 3. The smallest absolute Gasteiger partial charge is 0.338 e. The summed E-state index contributed by atoms with van der Waals surface area (Å²) in [5, 5.41) is 7.78. The van der Waals surface area contributed by atoms with Crippen LogP contribution in [-0.4, -0.2) is 79.7 Å². The number of aromatic amines is 1. The highest BCUT2D eigenvalue weighted by atomic mass is 32.1. The maximum atomic E-state index is 15.6. The Labute approximate surface area is 333 Å². The first-order chi connectivity index (χ1) is 27.5. The third-order valence-electron chi connectivity index (χ3n) is 11.2. The van der Waals surface area contributed by atoms with Gasteiger partial charge in [-0.2, -0.15) is 35.8 Å². The van der Waals surface area contributed by atoms with Crippen LogP contribution >= 0.6 is 11.5 Å². The van der Waals surface area contributed by atoms with Crippen LogP contribution < -0.4 is 0 Å². The van der Waals surface area contributed by atoms with E-state index in [4.69, 9.17) is 0 Å². The van der Waals surface area contributed by atoms with E-state index in [9.17, 15) is 40.7 Å². The molecule has 0 bridgehead atoms. The largest absolute Gasteiger partial charge is 0.416 e. The van der Waals surface area contributed by atoms with Gasteiger partial charge in [0.25, 0.3) is 11.8 Å². The van der Waals surface area contributed by atoms with Gasteiger partial charge in [0.1, 0.15) is 10.5 Å². The van der Waals surface area contributed by atoms with Crippen LogP contribution in [0.5, 0.6) is 0 Å². The number of benzene rings is 3. The molecule has 2 fully saturated rings. The molecule has 8 rings (SSSR count). The van der Waals surface area contributed by atoms with Gasteiger partial charge in [-0.15, -0.1) is 0 Å². The van der Waals surface area contributed by atoms with Gasteiger partial charge >= 0.3 is 12.4 Å². The summed E-state index contributed by atoms with van der Waals surface area (Å²) in [5.41, 5.74) is -1.36. The van der Waals surface area contributed by atoms with Crippen LogP contribution in [0.3, 0.4) is 0 Å². The monoisotopic (exact) mass is 828 g/mol. The van der Waals surface area contributed by atoms with Gasteiger partial charge in [0.2, 0.25) is 5.91 Å². The Morgan fingerprint density at radius 2 is 1.36 bits per heavy atom. The van der Waals surface area contributed by atoms with Crippen molar-refractivity contribution in [3.8, 4) is 0 Å². The second kappa shape index (κ2) is 16.1. The number of nitrogens with one attached hydrogen (secondary N) is 1. The Hall–Kier alpha value is -5.32. The van der Waals surface area contributed by atoms with Gasteiger partial charge in [-0.05, 0) is 54.1 Å². The lowest BCUT2D eigenvalue weighted by molar-refractivity contribution is -0.140. The minimum Gasteiger partial charge on any atom is -0.338 e. The normalized spacial score (nSPS) is 17.4. The van der Waals surface area contributed by atoms with Gasteiger partial charge < -0.3 is 14.7 Å². The molecule has 0 spiro atoms. The second-order valence-corrected chi connectivity index (χ2v) is 15.5. The molecular weight excluding hydrogens is 790 g/mol. The number of piperidine rings is 2. The molecule has 5 heterocycles. The van der Waals surface area contributed by atoms with Crippen molar-refractivity contribution in [1.82, 2.24) is 29.3 Å². The molecule has 0 unspecified atom stereocenters. The third kappa shape index (κ3) is 8.31. The number of halogens is 7. The number of hydrogen-bond acceptors (Lipinski definition) is 6. The topological polar surface area (TPSA) is 102 Å². The molecule has 0 radical (unpaired) electrons. The minimum atomic E-state index is -4.65. The van der Waals surface area contributed by atoms with Crippen LogP contribution in [0.2, 0.25) is 0 Å². The number of alkyl halides is 7. The predicted molar refractivity (Wildman–Crippen MR) is 202 cm³/mol. The molecule has 2 aromatic heterocycles. The Bertz CT molecular complexity index is 2310. The Kier molecular flexibility index (Phi) is 11.4. The number of hydrogen-bond donors (Lipinski definition) is 1. The molecule has 2 saturated heterocycles.